The van der Waals surface area contributed by atoms with E-state index < -0.39 is 0 Å². The van der Waals surface area contributed by atoms with Gasteiger partial charge in [0.1, 0.15) is 0 Å². The first kappa shape index (κ1) is 26.7. The van der Waals surface area contributed by atoms with Crippen molar-refractivity contribution >= 4 is 50.0 Å². The van der Waals surface area contributed by atoms with Gasteiger partial charge in [0.25, 0.3) is 0 Å². The van der Waals surface area contributed by atoms with Crippen molar-refractivity contribution in [3.63, 3.8) is 0 Å². The summed E-state index contributed by atoms with van der Waals surface area (Å²) in [7, 11) is 0. The van der Waals surface area contributed by atoms with E-state index in [1.807, 2.05) is 18.2 Å². The smallest absolute Gasteiger partial charge is 0.193 e. The van der Waals surface area contributed by atoms with Gasteiger partial charge >= 0.3 is 0 Å². The summed E-state index contributed by atoms with van der Waals surface area (Å²) >= 11 is 0. The Balaban J connectivity index is 1.15. The fourth-order valence-electron chi connectivity index (χ4n) is 7.18. The third kappa shape index (κ3) is 4.16. The van der Waals surface area contributed by atoms with Gasteiger partial charge in [0.15, 0.2) is 23.0 Å². The molecule has 8 aromatic rings. The highest BCUT2D eigenvalue weighted by Gasteiger charge is 2.29. The molecule has 2 bridgehead atoms. The third-order valence-electron chi connectivity index (χ3n) is 9.41. The van der Waals surface area contributed by atoms with Crippen LogP contribution in [0.4, 0.5) is 28.4 Å². The fraction of sp³-hybridized carbons (Fsp3) is 0. The quantitative estimate of drug-likeness (QED) is 0.213. The molecule has 0 atom stereocenters. The molecule has 48 heavy (non-hydrogen) atoms. The molecular weight excluding hydrogens is 588 g/mol. The van der Waals surface area contributed by atoms with Crippen molar-refractivity contribution in [1.29, 1.82) is 0 Å². The SMILES string of the molecule is c1ccc(N(c2ccc(-c3cc4c5c6c(cccc36)-c3ccccc3Nc3cccc(c3O5)O4)cc2)c2ccc3ccccc3c2)cc1. The van der Waals surface area contributed by atoms with Gasteiger partial charge < -0.3 is 19.7 Å². The molecule has 0 unspecified atom stereocenters. The molecule has 0 aromatic heterocycles. The number of benzene rings is 8. The number of hydrogen-bond donors (Lipinski definition) is 1. The Bertz CT molecular complexity index is 2540. The molecule has 226 valence electrons. The van der Waals surface area contributed by atoms with Crippen molar-refractivity contribution in [1.82, 2.24) is 0 Å². The maximum atomic E-state index is 6.74. The van der Waals surface area contributed by atoms with E-state index in [1.54, 1.807) is 0 Å². The maximum absolute atomic E-state index is 6.74. The van der Waals surface area contributed by atoms with Crippen molar-refractivity contribution in [3.8, 4) is 45.3 Å². The van der Waals surface area contributed by atoms with Gasteiger partial charge in [-0.2, -0.15) is 0 Å². The summed E-state index contributed by atoms with van der Waals surface area (Å²) < 4.78 is 13.4. The lowest BCUT2D eigenvalue weighted by Crippen LogP contribution is -2.09. The van der Waals surface area contributed by atoms with Crippen molar-refractivity contribution in [3.05, 3.63) is 164 Å². The second-order valence-electron chi connectivity index (χ2n) is 12.2. The molecule has 1 N–H and O–H groups in total. The average molecular weight is 617 g/mol. The Labute approximate surface area is 278 Å². The van der Waals surface area contributed by atoms with Crippen LogP contribution in [0.5, 0.6) is 23.0 Å². The predicted octanol–water partition coefficient (Wildman–Crippen LogP) is 12.8. The van der Waals surface area contributed by atoms with E-state index in [1.165, 1.54) is 10.8 Å². The normalized spacial score (nSPS) is 12.2. The number of fused-ring (bicyclic) bond motifs is 3. The average Bonchev–Trinajstić information content (AvgIpc) is 3.20. The lowest BCUT2D eigenvalue weighted by atomic mass is 9.91. The van der Waals surface area contributed by atoms with Crippen LogP contribution in [0.2, 0.25) is 0 Å². The van der Waals surface area contributed by atoms with Crippen LogP contribution in [0, 0.1) is 0 Å². The first-order valence-electron chi connectivity index (χ1n) is 16.2. The van der Waals surface area contributed by atoms with Gasteiger partial charge in [0.05, 0.1) is 5.69 Å². The van der Waals surface area contributed by atoms with Gasteiger partial charge in [-0.15, -0.1) is 0 Å². The monoisotopic (exact) mass is 616 g/mol. The van der Waals surface area contributed by atoms with Gasteiger partial charge in [-0.1, -0.05) is 103 Å². The van der Waals surface area contributed by atoms with Crippen LogP contribution >= 0.6 is 0 Å². The van der Waals surface area contributed by atoms with Gasteiger partial charge in [0, 0.05) is 33.7 Å². The number of anilines is 5. The van der Waals surface area contributed by atoms with E-state index in [2.05, 4.69) is 156 Å². The van der Waals surface area contributed by atoms with E-state index in [9.17, 15) is 0 Å². The lowest BCUT2D eigenvalue weighted by Gasteiger charge is -2.26. The lowest BCUT2D eigenvalue weighted by molar-refractivity contribution is 0.365. The number of rotatable bonds is 4. The van der Waals surface area contributed by atoms with E-state index in [0.717, 1.165) is 67.2 Å². The van der Waals surface area contributed by atoms with E-state index in [4.69, 9.17) is 9.47 Å². The minimum atomic E-state index is 0.693. The first-order valence-corrected chi connectivity index (χ1v) is 16.2. The van der Waals surface area contributed by atoms with Crippen LogP contribution in [0.1, 0.15) is 0 Å². The van der Waals surface area contributed by atoms with Crippen molar-refractivity contribution in [2.75, 3.05) is 10.2 Å². The molecule has 4 heteroatoms. The largest absolute Gasteiger partial charge is 0.449 e. The van der Waals surface area contributed by atoms with Crippen LogP contribution in [0.3, 0.4) is 0 Å². The predicted molar refractivity (Wildman–Crippen MR) is 197 cm³/mol. The van der Waals surface area contributed by atoms with E-state index >= 15 is 0 Å². The molecule has 2 heterocycles. The molecule has 2 aliphatic heterocycles. The number of ether oxygens (including phenoxy) is 2. The van der Waals surface area contributed by atoms with Crippen molar-refractivity contribution in [2.24, 2.45) is 0 Å². The van der Waals surface area contributed by atoms with Gasteiger partial charge in [0.2, 0.25) is 0 Å². The van der Waals surface area contributed by atoms with Gasteiger partial charge in [-0.25, -0.2) is 0 Å². The standard InChI is InChI=1S/C44H28N2O2/c1-2-12-31(13-3-1)46(33-25-20-28-10-4-5-11-30(28)26-33)32-23-21-29(22-24-32)37-27-41-44-42-35(15-8-16-36(37)42)34-14-6-7-17-38(34)45-39-18-9-19-40(47-41)43(39)48-44/h1-27,45H. The Morgan fingerprint density at radius 2 is 1.12 bits per heavy atom. The zero-order chi connectivity index (χ0) is 31.6. The fourth-order valence-corrected chi connectivity index (χ4v) is 7.18. The van der Waals surface area contributed by atoms with Crippen LogP contribution < -0.4 is 19.7 Å². The summed E-state index contributed by atoms with van der Waals surface area (Å²) in [5.41, 5.74) is 9.57. The zero-order valence-corrected chi connectivity index (χ0v) is 25.9. The Hall–Kier alpha value is -6.52. The summed E-state index contributed by atoms with van der Waals surface area (Å²) in [6.45, 7) is 0. The number of nitrogens with zero attached hydrogens (tertiary/aromatic N) is 1. The molecule has 2 aliphatic rings. The Morgan fingerprint density at radius 1 is 0.417 bits per heavy atom. The second kappa shape index (κ2) is 10.5. The molecule has 0 aliphatic carbocycles. The second-order valence-corrected chi connectivity index (χ2v) is 12.2. The number of para-hydroxylation sites is 3. The molecule has 0 radical (unpaired) electrons. The molecule has 0 fully saturated rings. The molecular formula is C44H28N2O2. The summed E-state index contributed by atoms with van der Waals surface area (Å²) in [4.78, 5) is 2.31. The summed E-state index contributed by atoms with van der Waals surface area (Å²) in [6.07, 6.45) is 0. The van der Waals surface area contributed by atoms with Gasteiger partial charge in [-0.05, 0) is 93.5 Å². The van der Waals surface area contributed by atoms with Crippen molar-refractivity contribution < 1.29 is 9.47 Å². The van der Waals surface area contributed by atoms with Crippen LogP contribution in [-0.2, 0) is 0 Å². The molecule has 10 rings (SSSR count). The first-order chi connectivity index (χ1) is 23.8. The van der Waals surface area contributed by atoms with Gasteiger partial charge in [-0.3, -0.25) is 0 Å². The van der Waals surface area contributed by atoms with E-state index in [-0.39, 0.29) is 0 Å². The van der Waals surface area contributed by atoms with Crippen molar-refractivity contribution in [2.45, 2.75) is 0 Å². The summed E-state index contributed by atoms with van der Waals surface area (Å²) in [5, 5.41) is 8.20. The molecule has 0 saturated heterocycles. The number of hydrogen-bond acceptors (Lipinski definition) is 4. The minimum Gasteiger partial charge on any atom is -0.449 e. The highest BCUT2D eigenvalue weighted by atomic mass is 16.6. The molecule has 4 nitrogen and oxygen atoms in total. The van der Waals surface area contributed by atoms with E-state index in [0.29, 0.717) is 17.2 Å². The maximum Gasteiger partial charge on any atom is 0.193 e. The third-order valence-corrected chi connectivity index (χ3v) is 9.41. The minimum absolute atomic E-state index is 0.693. The van der Waals surface area contributed by atoms with Crippen LogP contribution in [0.15, 0.2) is 164 Å². The van der Waals surface area contributed by atoms with Crippen LogP contribution in [-0.4, -0.2) is 0 Å². The highest BCUT2D eigenvalue weighted by Crippen LogP contribution is 2.57. The van der Waals surface area contributed by atoms with Crippen LogP contribution in [0.25, 0.3) is 43.8 Å². The summed E-state index contributed by atoms with van der Waals surface area (Å²) in [6, 6.07) is 57.6. The molecule has 0 amide bonds. The number of nitrogens with one attached hydrogen (secondary N) is 1. The highest BCUT2D eigenvalue weighted by molar-refractivity contribution is 6.11. The molecule has 8 aromatic carbocycles. The molecule has 0 spiro atoms. The Morgan fingerprint density at radius 3 is 2.02 bits per heavy atom. The Kier molecular flexibility index (Phi) is 5.84. The summed E-state index contributed by atoms with van der Waals surface area (Å²) in [5.74, 6) is 2.84. The zero-order valence-electron chi connectivity index (χ0n) is 25.9. The molecule has 0 saturated carbocycles. The topological polar surface area (TPSA) is 33.7 Å².